The first-order valence-corrected chi connectivity index (χ1v) is 13.5. The second-order valence-electron chi connectivity index (χ2n) is 12.6. The van der Waals surface area contributed by atoms with Crippen LogP contribution in [0.25, 0.3) is 0 Å². The van der Waals surface area contributed by atoms with Crippen LogP contribution >= 0.6 is 11.6 Å². The van der Waals surface area contributed by atoms with Crippen molar-refractivity contribution >= 4 is 11.6 Å². The Hall–Kier alpha value is -0.640. The molecular weight excluding hydrogens is 418 g/mol. The fourth-order valence-corrected chi connectivity index (χ4v) is 9.64. The maximum Gasteiger partial charge on any atom is 0.132 e. The highest BCUT2D eigenvalue weighted by Gasteiger charge is 2.62. The monoisotopic (exact) mass is 459 g/mol. The number of aliphatic hydroxyl groups excluding tert-OH is 1. The Labute approximate surface area is 199 Å². The van der Waals surface area contributed by atoms with Gasteiger partial charge < -0.3 is 10.2 Å². The van der Waals surface area contributed by atoms with Crippen LogP contribution in [0.15, 0.2) is 18.3 Å². The second kappa shape index (κ2) is 8.24. The van der Waals surface area contributed by atoms with Gasteiger partial charge in [-0.1, -0.05) is 31.5 Å². The van der Waals surface area contributed by atoms with Gasteiger partial charge >= 0.3 is 0 Å². The summed E-state index contributed by atoms with van der Waals surface area (Å²) in [5, 5.41) is 22.6. The van der Waals surface area contributed by atoms with Gasteiger partial charge in [0.1, 0.15) is 5.15 Å². The zero-order chi connectivity index (χ0) is 22.7. The molecule has 178 valence electrons. The van der Waals surface area contributed by atoms with Crippen molar-refractivity contribution in [2.75, 3.05) is 0 Å². The molecule has 1 unspecified atom stereocenters. The van der Waals surface area contributed by atoms with Gasteiger partial charge in [0.2, 0.25) is 0 Å². The molecule has 0 aliphatic heterocycles. The van der Waals surface area contributed by atoms with E-state index in [0.29, 0.717) is 22.4 Å². The van der Waals surface area contributed by atoms with Gasteiger partial charge in [-0.15, -0.1) is 0 Å². The molecule has 0 bridgehead atoms. The van der Waals surface area contributed by atoms with E-state index in [9.17, 15) is 10.2 Å². The van der Waals surface area contributed by atoms with Crippen LogP contribution in [0.4, 0.5) is 0 Å². The molecule has 1 aromatic heterocycles. The van der Waals surface area contributed by atoms with E-state index in [1.165, 1.54) is 38.5 Å². The number of nitrogens with zero attached hydrogens (tertiary/aromatic N) is 1. The number of hydrogen-bond acceptors (Lipinski definition) is 3. The van der Waals surface area contributed by atoms with E-state index in [4.69, 9.17) is 11.6 Å². The van der Waals surface area contributed by atoms with Gasteiger partial charge in [-0.25, -0.2) is 4.98 Å². The number of aromatic nitrogens is 1. The largest absolute Gasteiger partial charge is 0.393 e. The molecule has 0 saturated heterocycles. The Morgan fingerprint density at radius 2 is 1.81 bits per heavy atom. The quantitative estimate of drug-likeness (QED) is 0.509. The third kappa shape index (κ3) is 3.66. The van der Waals surface area contributed by atoms with E-state index in [0.717, 1.165) is 55.4 Å². The highest BCUT2D eigenvalue weighted by Crippen LogP contribution is 2.68. The van der Waals surface area contributed by atoms with Crippen LogP contribution in [0.2, 0.25) is 5.15 Å². The molecule has 4 aliphatic carbocycles. The third-order valence-electron chi connectivity index (χ3n) is 11.1. The van der Waals surface area contributed by atoms with Crippen LogP contribution in [-0.4, -0.2) is 26.9 Å². The van der Waals surface area contributed by atoms with Crippen molar-refractivity contribution in [3.63, 3.8) is 0 Å². The number of fused-ring (bicyclic) bond motifs is 5. The molecule has 4 aliphatic rings. The van der Waals surface area contributed by atoms with Gasteiger partial charge in [-0.2, -0.15) is 0 Å². The second-order valence-corrected chi connectivity index (χ2v) is 12.9. The van der Waals surface area contributed by atoms with Gasteiger partial charge in [-0.05, 0) is 130 Å². The van der Waals surface area contributed by atoms with Crippen molar-refractivity contribution < 1.29 is 10.2 Å². The minimum absolute atomic E-state index is 0.0715. The lowest BCUT2D eigenvalue weighted by Crippen LogP contribution is -2.55. The SMILES string of the molecule is C[C@]12CC[C@H]3[C@@H](CCC4C[C@@H](O)CC[C@@]43C)[C@@H]1CC[C@@H]2[C@](C)(O)CCc1cccnc1Cl. The molecule has 5 rings (SSSR count). The molecule has 1 heterocycles. The Morgan fingerprint density at radius 3 is 2.59 bits per heavy atom. The average Bonchev–Trinajstić information content (AvgIpc) is 3.12. The zero-order valence-electron chi connectivity index (χ0n) is 20.2. The van der Waals surface area contributed by atoms with Crippen LogP contribution < -0.4 is 0 Å². The standard InChI is InChI=1S/C28H42ClNO2/c1-26-13-11-20(31)17-19(26)6-7-21-22-8-9-24(27(22,2)14-12-23(21)26)28(3,32)15-10-18-5-4-16-30-25(18)29/h4-5,16,19-24,31-32H,6-15,17H2,1-3H3/t19?,20-,21-,22-,23-,24-,26-,27-,28+/m0/s1. The fraction of sp³-hybridized carbons (Fsp3) is 0.821. The molecule has 4 heteroatoms. The first-order chi connectivity index (χ1) is 15.1. The topological polar surface area (TPSA) is 53.4 Å². The summed E-state index contributed by atoms with van der Waals surface area (Å²) in [5.41, 5.74) is 1.02. The van der Waals surface area contributed by atoms with E-state index in [1.54, 1.807) is 6.20 Å². The first kappa shape index (κ1) is 23.1. The van der Waals surface area contributed by atoms with E-state index in [1.807, 2.05) is 12.1 Å². The van der Waals surface area contributed by atoms with Crippen LogP contribution in [0.5, 0.6) is 0 Å². The smallest absolute Gasteiger partial charge is 0.132 e. The average molecular weight is 460 g/mol. The lowest BCUT2D eigenvalue weighted by Gasteiger charge is -2.61. The first-order valence-electron chi connectivity index (χ1n) is 13.1. The molecule has 4 saturated carbocycles. The van der Waals surface area contributed by atoms with Crippen molar-refractivity contribution in [2.45, 2.75) is 103 Å². The highest BCUT2D eigenvalue weighted by atomic mass is 35.5. The predicted octanol–water partition coefficient (Wildman–Crippen LogP) is 6.44. The zero-order valence-corrected chi connectivity index (χ0v) is 20.9. The van der Waals surface area contributed by atoms with Crippen LogP contribution in [-0.2, 0) is 6.42 Å². The van der Waals surface area contributed by atoms with Crippen molar-refractivity contribution in [3.05, 3.63) is 29.0 Å². The lowest BCUT2D eigenvalue weighted by molar-refractivity contribution is -0.144. The van der Waals surface area contributed by atoms with Crippen LogP contribution in [0, 0.1) is 40.4 Å². The molecule has 4 fully saturated rings. The van der Waals surface area contributed by atoms with E-state index >= 15 is 0 Å². The van der Waals surface area contributed by atoms with Gasteiger partial charge in [-0.3, -0.25) is 0 Å². The molecule has 9 atom stereocenters. The summed E-state index contributed by atoms with van der Waals surface area (Å²) in [4.78, 5) is 4.21. The number of aliphatic hydroxyl groups is 2. The van der Waals surface area contributed by atoms with Crippen molar-refractivity contribution in [1.82, 2.24) is 4.98 Å². The maximum atomic E-state index is 11.7. The predicted molar refractivity (Wildman–Crippen MR) is 129 cm³/mol. The summed E-state index contributed by atoms with van der Waals surface area (Å²) in [6, 6.07) is 3.97. The summed E-state index contributed by atoms with van der Waals surface area (Å²) in [5.74, 6) is 3.42. The number of rotatable bonds is 4. The molecule has 3 nitrogen and oxygen atoms in total. The maximum absolute atomic E-state index is 11.7. The minimum Gasteiger partial charge on any atom is -0.393 e. The lowest BCUT2D eigenvalue weighted by atomic mass is 9.44. The minimum atomic E-state index is -0.675. The number of hydrogen-bond donors (Lipinski definition) is 2. The summed E-state index contributed by atoms with van der Waals surface area (Å²) < 4.78 is 0. The molecule has 2 N–H and O–H groups in total. The van der Waals surface area contributed by atoms with Gasteiger partial charge in [0.15, 0.2) is 0 Å². The number of aryl methyl sites for hydroxylation is 1. The van der Waals surface area contributed by atoms with E-state index < -0.39 is 5.60 Å². The molecular formula is C28H42ClNO2. The van der Waals surface area contributed by atoms with Crippen molar-refractivity contribution in [1.29, 1.82) is 0 Å². The normalized spacial score (nSPS) is 45.4. The summed E-state index contributed by atoms with van der Waals surface area (Å²) in [7, 11) is 0. The molecule has 0 aromatic carbocycles. The van der Waals surface area contributed by atoms with Gasteiger partial charge in [0.05, 0.1) is 11.7 Å². The Balaban J connectivity index is 1.33. The Kier molecular flexibility index (Phi) is 5.95. The Morgan fingerprint density at radius 1 is 1.06 bits per heavy atom. The molecule has 1 aromatic rings. The molecule has 0 radical (unpaired) electrons. The van der Waals surface area contributed by atoms with Gasteiger partial charge in [0.25, 0.3) is 0 Å². The van der Waals surface area contributed by atoms with Crippen molar-refractivity contribution in [3.8, 4) is 0 Å². The summed E-state index contributed by atoms with van der Waals surface area (Å²) >= 11 is 6.30. The third-order valence-corrected chi connectivity index (χ3v) is 11.5. The highest BCUT2D eigenvalue weighted by molar-refractivity contribution is 6.30. The summed E-state index contributed by atoms with van der Waals surface area (Å²) in [6.45, 7) is 7.15. The van der Waals surface area contributed by atoms with Crippen LogP contribution in [0.1, 0.15) is 90.5 Å². The van der Waals surface area contributed by atoms with Crippen molar-refractivity contribution in [2.24, 2.45) is 40.4 Å². The molecule has 32 heavy (non-hydrogen) atoms. The fourth-order valence-electron chi connectivity index (χ4n) is 9.42. The number of pyridine rings is 1. The molecule has 0 spiro atoms. The van der Waals surface area contributed by atoms with Gasteiger partial charge in [0, 0.05) is 6.20 Å². The van der Waals surface area contributed by atoms with E-state index in [-0.39, 0.29) is 11.5 Å². The summed E-state index contributed by atoms with van der Waals surface area (Å²) in [6.07, 6.45) is 14.0. The number of halogens is 1. The Bertz CT molecular complexity index is 842. The van der Waals surface area contributed by atoms with Crippen LogP contribution in [0.3, 0.4) is 0 Å². The van der Waals surface area contributed by atoms with E-state index in [2.05, 4.69) is 25.8 Å². The molecule has 0 amide bonds.